The van der Waals surface area contributed by atoms with Crippen molar-refractivity contribution in [1.29, 1.82) is 0 Å². The van der Waals surface area contributed by atoms with Crippen molar-refractivity contribution in [3.63, 3.8) is 0 Å². The second kappa shape index (κ2) is 6.55. The normalized spacial score (nSPS) is 27.4. The maximum Gasteiger partial charge on any atom is 0.255 e. The van der Waals surface area contributed by atoms with Crippen LogP contribution in [0.15, 0.2) is 60.7 Å². The summed E-state index contributed by atoms with van der Waals surface area (Å²) in [6.45, 7) is 0. The summed E-state index contributed by atoms with van der Waals surface area (Å²) in [7, 11) is 0. The van der Waals surface area contributed by atoms with Gasteiger partial charge in [0.2, 0.25) is 11.8 Å². The van der Waals surface area contributed by atoms with Gasteiger partial charge in [-0.05, 0) is 83.3 Å². The van der Waals surface area contributed by atoms with Crippen molar-refractivity contribution in [2.45, 2.75) is 6.42 Å². The van der Waals surface area contributed by atoms with Crippen LogP contribution < -0.4 is 10.2 Å². The summed E-state index contributed by atoms with van der Waals surface area (Å²) in [6.07, 6.45) is 5.05. The highest BCUT2D eigenvalue weighted by molar-refractivity contribution is 14.1. The van der Waals surface area contributed by atoms with Crippen LogP contribution in [0.1, 0.15) is 16.8 Å². The van der Waals surface area contributed by atoms with E-state index in [2.05, 4.69) is 40.1 Å². The zero-order valence-corrected chi connectivity index (χ0v) is 17.0. The predicted octanol–water partition coefficient (Wildman–Crippen LogP) is 3.86. The van der Waals surface area contributed by atoms with Crippen LogP contribution in [0.5, 0.6) is 0 Å². The van der Waals surface area contributed by atoms with Gasteiger partial charge in [0, 0.05) is 14.8 Å². The summed E-state index contributed by atoms with van der Waals surface area (Å²) in [5.74, 6) is -0.695. The number of anilines is 2. The van der Waals surface area contributed by atoms with Gasteiger partial charge >= 0.3 is 0 Å². The van der Waals surface area contributed by atoms with E-state index >= 15 is 0 Å². The number of benzene rings is 2. The molecule has 5 nitrogen and oxygen atoms in total. The molecular formula is C22H17IN2O3. The van der Waals surface area contributed by atoms with Gasteiger partial charge in [0.25, 0.3) is 5.91 Å². The Kier molecular flexibility index (Phi) is 4.12. The predicted molar refractivity (Wildman–Crippen MR) is 114 cm³/mol. The SMILES string of the molecule is O=C(Nc1ccc(I)cc1)c1cccc(N2C(=O)[C@@H]3[C@H](C2=O)[C@H]2C=C[C@H]3C2)c1. The molecular weight excluding hydrogens is 467 g/mol. The van der Waals surface area contributed by atoms with Gasteiger partial charge in [-0.15, -0.1) is 0 Å². The van der Waals surface area contributed by atoms with Crippen LogP contribution >= 0.6 is 22.6 Å². The van der Waals surface area contributed by atoms with E-state index in [-0.39, 0.29) is 41.4 Å². The lowest BCUT2D eigenvalue weighted by Gasteiger charge is -2.18. The first-order valence-corrected chi connectivity index (χ1v) is 10.3. The maximum absolute atomic E-state index is 13.0. The third-order valence-corrected chi connectivity index (χ3v) is 6.66. The van der Waals surface area contributed by atoms with E-state index in [0.29, 0.717) is 16.9 Å². The molecule has 1 saturated carbocycles. The second-order valence-electron chi connectivity index (χ2n) is 7.52. The van der Waals surface area contributed by atoms with E-state index in [1.54, 1.807) is 24.3 Å². The Hall–Kier alpha value is -2.48. The summed E-state index contributed by atoms with van der Waals surface area (Å²) in [5.41, 5.74) is 1.58. The minimum atomic E-state index is -0.274. The average Bonchev–Trinajstić information content (AvgIpc) is 3.37. The number of amides is 3. The van der Waals surface area contributed by atoms with Crippen LogP contribution in [0.4, 0.5) is 11.4 Å². The Labute approximate surface area is 175 Å². The van der Waals surface area contributed by atoms with Gasteiger partial charge in [-0.2, -0.15) is 0 Å². The number of nitrogens with one attached hydrogen (secondary N) is 1. The van der Waals surface area contributed by atoms with E-state index < -0.39 is 0 Å². The highest BCUT2D eigenvalue weighted by Crippen LogP contribution is 2.53. The molecule has 28 heavy (non-hydrogen) atoms. The van der Waals surface area contributed by atoms with Crippen LogP contribution in [0.3, 0.4) is 0 Å². The van der Waals surface area contributed by atoms with Gasteiger partial charge < -0.3 is 5.32 Å². The Morgan fingerprint density at radius 1 is 0.964 bits per heavy atom. The molecule has 1 aliphatic heterocycles. The van der Waals surface area contributed by atoms with E-state index in [1.807, 2.05) is 24.3 Å². The highest BCUT2D eigenvalue weighted by Gasteiger charge is 2.59. The lowest BCUT2D eigenvalue weighted by atomic mass is 9.85. The molecule has 1 saturated heterocycles. The Bertz CT molecular complexity index is 1000. The number of hydrogen-bond acceptors (Lipinski definition) is 3. The Balaban J connectivity index is 1.40. The molecule has 2 bridgehead atoms. The summed E-state index contributed by atoms with van der Waals surface area (Å²) in [4.78, 5) is 39.8. The van der Waals surface area contributed by atoms with Crippen LogP contribution in [0.25, 0.3) is 0 Å². The number of carbonyl (C=O) groups excluding carboxylic acids is 3. The fourth-order valence-corrected chi connectivity index (χ4v) is 5.04. The van der Waals surface area contributed by atoms with Crippen molar-refractivity contribution in [2.75, 3.05) is 10.2 Å². The maximum atomic E-state index is 13.0. The molecule has 2 fully saturated rings. The summed E-state index contributed by atoms with van der Waals surface area (Å²) >= 11 is 2.20. The van der Waals surface area contributed by atoms with Gasteiger partial charge in [-0.3, -0.25) is 14.4 Å². The number of fused-ring (bicyclic) bond motifs is 5. The lowest BCUT2D eigenvalue weighted by molar-refractivity contribution is -0.123. The van der Waals surface area contributed by atoms with E-state index in [4.69, 9.17) is 0 Å². The average molecular weight is 484 g/mol. The largest absolute Gasteiger partial charge is 0.322 e. The monoisotopic (exact) mass is 484 g/mol. The molecule has 1 N–H and O–H groups in total. The van der Waals surface area contributed by atoms with E-state index in [9.17, 15) is 14.4 Å². The number of hydrogen-bond donors (Lipinski definition) is 1. The Morgan fingerprint density at radius 3 is 2.25 bits per heavy atom. The molecule has 3 aliphatic rings. The molecule has 0 unspecified atom stereocenters. The molecule has 0 aromatic heterocycles. The molecule has 2 aromatic carbocycles. The zero-order chi connectivity index (χ0) is 19.4. The number of imide groups is 1. The molecule has 4 atom stereocenters. The molecule has 140 valence electrons. The lowest BCUT2D eigenvalue weighted by Crippen LogP contribution is -2.33. The molecule has 6 heteroatoms. The number of carbonyl (C=O) groups is 3. The van der Waals surface area contributed by atoms with Crippen molar-refractivity contribution in [3.05, 3.63) is 69.8 Å². The molecule has 2 aromatic rings. The van der Waals surface area contributed by atoms with Gasteiger partial charge in [0.15, 0.2) is 0 Å². The first kappa shape index (κ1) is 17.6. The van der Waals surface area contributed by atoms with Gasteiger partial charge in [0.05, 0.1) is 17.5 Å². The van der Waals surface area contributed by atoms with Crippen LogP contribution in [0, 0.1) is 27.2 Å². The molecule has 3 amide bonds. The van der Waals surface area contributed by atoms with Crippen molar-refractivity contribution in [1.82, 2.24) is 0 Å². The first-order valence-electron chi connectivity index (χ1n) is 9.26. The zero-order valence-electron chi connectivity index (χ0n) is 14.8. The number of rotatable bonds is 3. The van der Waals surface area contributed by atoms with Gasteiger partial charge in [0.1, 0.15) is 0 Å². The Morgan fingerprint density at radius 2 is 1.61 bits per heavy atom. The minimum Gasteiger partial charge on any atom is -0.322 e. The standard InChI is InChI=1S/C22H17IN2O3/c23-15-6-8-16(9-7-15)24-20(26)14-2-1-3-17(11-14)25-21(27)18-12-4-5-13(10-12)19(18)22(25)28/h1-9,11-13,18-19H,10H2,(H,24,26)/t12-,13-,18-,19+/m0/s1. The van der Waals surface area contributed by atoms with Crippen LogP contribution in [-0.4, -0.2) is 17.7 Å². The highest BCUT2D eigenvalue weighted by atomic mass is 127. The van der Waals surface area contributed by atoms with Gasteiger partial charge in [-0.1, -0.05) is 18.2 Å². The third kappa shape index (κ3) is 2.70. The number of allylic oxidation sites excluding steroid dienone is 2. The molecule has 5 rings (SSSR count). The van der Waals surface area contributed by atoms with Crippen LogP contribution in [0.2, 0.25) is 0 Å². The summed E-state index contributed by atoms with van der Waals surface area (Å²) < 4.78 is 1.08. The topological polar surface area (TPSA) is 66.5 Å². The van der Waals surface area contributed by atoms with Crippen molar-refractivity contribution in [2.24, 2.45) is 23.7 Å². The summed E-state index contributed by atoms with van der Waals surface area (Å²) in [5, 5.41) is 2.85. The molecule has 1 heterocycles. The van der Waals surface area contributed by atoms with Crippen molar-refractivity contribution < 1.29 is 14.4 Å². The van der Waals surface area contributed by atoms with E-state index in [0.717, 1.165) is 9.99 Å². The molecule has 2 aliphatic carbocycles. The smallest absolute Gasteiger partial charge is 0.255 e. The second-order valence-corrected chi connectivity index (χ2v) is 8.77. The van der Waals surface area contributed by atoms with Gasteiger partial charge in [-0.25, -0.2) is 4.90 Å². The summed E-state index contributed by atoms with van der Waals surface area (Å²) in [6, 6.07) is 14.2. The number of halogens is 1. The van der Waals surface area contributed by atoms with Crippen molar-refractivity contribution in [3.8, 4) is 0 Å². The fraction of sp³-hybridized carbons (Fsp3) is 0.227. The third-order valence-electron chi connectivity index (χ3n) is 5.94. The van der Waals surface area contributed by atoms with E-state index in [1.165, 1.54) is 4.90 Å². The molecule has 0 radical (unpaired) electrons. The number of nitrogens with zero attached hydrogens (tertiary/aromatic N) is 1. The quantitative estimate of drug-likeness (QED) is 0.409. The first-order chi connectivity index (χ1) is 13.5. The molecule has 0 spiro atoms. The van der Waals surface area contributed by atoms with Crippen LogP contribution in [-0.2, 0) is 9.59 Å². The fourth-order valence-electron chi connectivity index (χ4n) is 4.68. The minimum absolute atomic E-state index is 0.137. The van der Waals surface area contributed by atoms with Crippen molar-refractivity contribution >= 4 is 51.7 Å².